The Bertz CT molecular complexity index is 494. The third-order valence-electron chi connectivity index (χ3n) is 7.65. The van der Waals surface area contributed by atoms with Crippen LogP contribution in [0.3, 0.4) is 0 Å². The average molecular weight is 348 g/mol. The highest BCUT2D eigenvalue weighted by atomic mass is 16.6. The number of hydrogen-bond donors (Lipinski definition) is 0. The molecule has 4 heteroatoms. The molecule has 6 unspecified atom stereocenters. The molecule has 0 saturated heterocycles. The third-order valence-corrected chi connectivity index (χ3v) is 7.65. The van der Waals surface area contributed by atoms with Crippen molar-refractivity contribution in [2.45, 2.75) is 65.2 Å². The fourth-order valence-electron chi connectivity index (χ4n) is 5.97. The summed E-state index contributed by atoms with van der Waals surface area (Å²) in [5.74, 6) is 3.30. The van der Waals surface area contributed by atoms with Crippen LogP contribution in [0.4, 0.5) is 0 Å². The third kappa shape index (κ3) is 3.33. The van der Waals surface area contributed by atoms with Gasteiger partial charge in [-0.3, -0.25) is 9.59 Å². The summed E-state index contributed by atoms with van der Waals surface area (Å²) in [5, 5.41) is 0. The highest BCUT2D eigenvalue weighted by Crippen LogP contribution is 2.49. The quantitative estimate of drug-likeness (QED) is 0.538. The molecule has 0 aromatic carbocycles. The second kappa shape index (κ2) is 6.59. The highest BCUT2D eigenvalue weighted by Gasteiger charge is 2.44. The van der Waals surface area contributed by atoms with Crippen molar-refractivity contribution in [3.63, 3.8) is 0 Å². The molecule has 0 amide bonds. The minimum atomic E-state index is -1.20. The normalized spacial score (nSPS) is 39.0. The van der Waals surface area contributed by atoms with Gasteiger partial charge in [-0.2, -0.15) is 0 Å². The van der Waals surface area contributed by atoms with Crippen molar-refractivity contribution in [3.05, 3.63) is 0 Å². The zero-order valence-electron chi connectivity index (χ0n) is 15.7. The molecular formula is C21H32O4. The van der Waals surface area contributed by atoms with Crippen molar-refractivity contribution in [1.29, 1.82) is 0 Å². The van der Waals surface area contributed by atoms with E-state index >= 15 is 0 Å². The summed E-state index contributed by atoms with van der Waals surface area (Å²) in [7, 11) is 0. The number of ether oxygens (including phenoxy) is 2. The minimum Gasteiger partial charge on any atom is -0.465 e. The maximum absolute atomic E-state index is 12.5. The molecule has 4 aliphatic rings. The Morgan fingerprint density at radius 2 is 1.20 bits per heavy atom. The van der Waals surface area contributed by atoms with Crippen LogP contribution in [-0.2, 0) is 19.1 Å². The molecule has 0 N–H and O–H groups in total. The van der Waals surface area contributed by atoms with Gasteiger partial charge in [-0.05, 0) is 87.9 Å². The highest BCUT2D eigenvalue weighted by molar-refractivity contribution is 5.99. The maximum atomic E-state index is 12.5. The van der Waals surface area contributed by atoms with E-state index in [1.165, 1.54) is 51.4 Å². The second-order valence-electron chi connectivity index (χ2n) is 9.69. The molecule has 0 aliphatic heterocycles. The number of rotatable bonds is 6. The van der Waals surface area contributed by atoms with Gasteiger partial charge >= 0.3 is 11.9 Å². The lowest BCUT2D eigenvalue weighted by molar-refractivity contribution is -0.172. The lowest BCUT2D eigenvalue weighted by atomic mass is 9.89. The Morgan fingerprint density at radius 1 is 0.760 bits per heavy atom. The lowest BCUT2D eigenvalue weighted by Gasteiger charge is -2.26. The van der Waals surface area contributed by atoms with Crippen LogP contribution in [-0.4, -0.2) is 25.2 Å². The summed E-state index contributed by atoms with van der Waals surface area (Å²) >= 11 is 0. The molecule has 25 heavy (non-hydrogen) atoms. The Labute approximate surface area is 151 Å². The predicted molar refractivity (Wildman–Crippen MR) is 93.6 cm³/mol. The van der Waals surface area contributed by atoms with E-state index < -0.39 is 17.4 Å². The smallest absolute Gasteiger partial charge is 0.322 e. The molecule has 4 nitrogen and oxygen atoms in total. The van der Waals surface area contributed by atoms with Crippen LogP contribution in [0.25, 0.3) is 0 Å². The minimum absolute atomic E-state index is 0.423. The molecule has 4 saturated carbocycles. The largest absolute Gasteiger partial charge is 0.465 e. The number of esters is 2. The first-order valence-corrected chi connectivity index (χ1v) is 10.3. The topological polar surface area (TPSA) is 52.6 Å². The Kier molecular flexibility index (Phi) is 4.57. The van der Waals surface area contributed by atoms with Gasteiger partial charge in [0, 0.05) is 0 Å². The summed E-state index contributed by atoms with van der Waals surface area (Å²) in [5.41, 5.74) is -1.20. The number of carbonyl (C=O) groups excluding carboxylic acids is 2. The molecule has 0 heterocycles. The molecule has 4 fully saturated rings. The first kappa shape index (κ1) is 17.4. The average Bonchev–Trinajstić information content (AvgIpc) is 3.37. The summed E-state index contributed by atoms with van der Waals surface area (Å²) in [4.78, 5) is 24.9. The van der Waals surface area contributed by atoms with Crippen molar-refractivity contribution in [2.24, 2.45) is 40.9 Å². The molecule has 0 spiro atoms. The maximum Gasteiger partial charge on any atom is 0.322 e. The molecule has 4 rings (SSSR count). The van der Waals surface area contributed by atoms with E-state index in [1.54, 1.807) is 13.8 Å². The van der Waals surface area contributed by atoms with Gasteiger partial charge in [0.15, 0.2) is 5.41 Å². The van der Waals surface area contributed by atoms with Crippen molar-refractivity contribution in [1.82, 2.24) is 0 Å². The molecule has 0 aromatic heterocycles. The van der Waals surface area contributed by atoms with Crippen LogP contribution in [0.1, 0.15) is 65.2 Å². The number of carbonyl (C=O) groups is 2. The van der Waals surface area contributed by atoms with Crippen LogP contribution in [0.15, 0.2) is 0 Å². The SMILES string of the molecule is CC(C)(C(=O)OCC1CC2CCC1C2)C(=O)OCC1CC2CCC1C2. The Morgan fingerprint density at radius 3 is 1.52 bits per heavy atom. The van der Waals surface area contributed by atoms with Crippen LogP contribution in [0, 0.1) is 40.9 Å². The molecule has 6 atom stereocenters. The summed E-state index contributed by atoms with van der Waals surface area (Å²) in [6, 6.07) is 0. The van der Waals surface area contributed by atoms with Gasteiger partial charge in [-0.15, -0.1) is 0 Å². The van der Waals surface area contributed by atoms with Crippen molar-refractivity contribution < 1.29 is 19.1 Å². The van der Waals surface area contributed by atoms with Gasteiger partial charge < -0.3 is 9.47 Å². The zero-order valence-corrected chi connectivity index (χ0v) is 15.7. The number of hydrogen-bond acceptors (Lipinski definition) is 4. The molecule has 4 bridgehead atoms. The van der Waals surface area contributed by atoms with Gasteiger partial charge in [0.05, 0.1) is 13.2 Å². The van der Waals surface area contributed by atoms with Gasteiger partial charge in [0.2, 0.25) is 0 Å². The first-order chi connectivity index (χ1) is 11.9. The van der Waals surface area contributed by atoms with Gasteiger partial charge in [-0.1, -0.05) is 12.8 Å². The molecule has 0 radical (unpaired) electrons. The lowest BCUT2D eigenvalue weighted by Crippen LogP contribution is -2.38. The second-order valence-corrected chi connectivity index (χ2v) is 9.69. The van der Waals surface area contributed by atoms with Crippen LogP contribution in [0.2, 0.25) is 0 Å². The van der Waals surface area contributed by atoms with E-state index in [2.05, 4.69) is 0 Å². The standard InChI is InChI=1S/C21H32O4/c1-21(2,19(22)24-11-17-9-13-3-5-15(17)7-13)20(23)25-12-18-10-14-4-6-16(18)8-14/h13-18H,3-12H2,1-2H3. The van der Waals surface area contributed by atoms with E-state index in [0.29, 0.717) is 25.0 Å². The van der Waals surface area contributed by atoms with E-state index in [9.17, 15) is 9.59 Å². The summed E-state index contributed by atoms with van der Waals surface area (Å²) in [6.45, 7) is 4.23. The van der Waals surface area contributed by atoms with E-state index in [1.807, 2.05) is 0 Å². The predicted octanol–water partition coefficient (Wildman–Crippen LogP) is 3.97. The molecule has 0 aromatic rings. The fourth-order valence-corrected chi connectivity index (χ4v) is 5.97. The van der Waals surface area contributed by atoms with Crippen molar-refractivity contribution in [2.75, 3.05) is 13.2 Å². The first-order valence-electron chi connectivity index (χ1n) is 10.3. The monoisotopic (exact) mass is 348 g/mol. The van der Waals surface area contributed by atoms with Crippen molar-refractivity contribution in [3.8, 4) is 0 Å². The van der Waals surface area contributed by atoms with Crippen molar-refractivity contribution >= 4 is 11.9 Å². The van der Waals surface area contributed by atoms with E-state index in [-0.39, 0.29) is 0 Å². The molecule has 4 aliphatic carbocycles. The van der Waals surface area contributed by atoms with Gasteiger partial charge in [0.1, 0.15) is 0 Å². The summed E-state index contributed by atoms with van der Waals surface area (Å²) < 4.78 is 11.1. The van der Waals surface area contributed by atoms with Gasteiger partial charge in [-0.25, -0.2) is 0 Å². The van der Waals surface area contributed by atoms with E-state index in [4.69, 9.17) is 9.47 Å². The fraction of sp³-hybridized carbons (Fsp3) is 0.905. The Balaban J connectivity index is 1.23. The zero-order chi connectivity index (χ0) is 17.6. The molecule has 140 valence electrons. The molecular weight excluding hydrogens is 316 g/mol. The van der Waals surface area contributed by atoms with Crippen LogP contribution < -0.4 is 0 Å². The number of fused-ring (bicyclic) bond motifs is 4. The van der Waals surface area contributed by atoms with Crippen LogP contribution in [0.5, 0.6) is 0 Å². The summed E-state index contributed by atoms with van der Waals surface area (Å²) in [6.07, 6.45) is 10.2. The van der Waals surface area contributed by atoms with Crippen LogP contribution >= 0.6 is 0 Å². The van der Waals surface area contributed by atoms with Gasteiger partial charge in [0.25, 0.3) is 0 Å². The van der Waals surface area contributed by atoms with E-state index in [0.717, 1.165) is 23.7 Å². The Hall–Kier alpha value is -1.06.